The molecule has 0 amide bonds. The fourth-order valence-corrected chi connectivity index (χ4v) is 4.33. The van der Waals surface area contributed by atoms with Crippen molar-refractivity contribution in [2.24, 2.45) is 0 Å². The third-order valence-electron chi connectivity index (χ3n) is 5.67. The first-order valence-corrected chi connectivity index (χ1v) is 11.1. The van der Waals surface area contributed by atoms with Crippen LogP contribution in [-0.2, 0) is 0 Å². The fraction of sp³-hybridized carbons (Fsp3) is 0.160. The average Bonchev–Trinajstić information content (AvgIpc) is 2.80. The van der Waals surface area contributed by atoms with E-state index in [1.165, 1.54) is 5.56 Å². The van der Waals surface area contributed by atoms with Crippen molar-refractivity contribution >= 4 is 28.9 Å². The minimum Gasteiger partial charge on any atom is -0.359 e. The van der Waals surface area contributed by atoms with E-state index in [2.05, 4.69) is 24.1 Å². The third kappa shape index (κ3) is 3.48. The summed E-state index contributed by atoms with van der Waals surface area (Å²) in [4.78, 5) is 17.5. The molecule has 0 saturated heterocycles. The number of aromatic nitrogens is 3. The van der Waals surface area contributed by atoms with Gasteiger partial charge in [-0.3, -0.25) is 4.79 Å². The summed E-state index contributed by atoms with van der Waals surface area (Å²) in [5, 5.41) is 9.12. The second-order valence-corrected chi connectivity index (χ2v) is 8.83. The van der Waals surface area contributed by atoms with E-state index in [1.807, 2.05) is 60.7 Å². The van der Waals surface area contributed by atoms with E-state index in [0.717, 1.165) is 22.4 Å². The largest absolute Gasteiger partial charge is 0.359 e. The zero-order chi connectivity index (χ0) is 22.4. The minimum atomic E-state index is -0.479. The molecule has 1 aromatic heterocycles. The molecular formula is C25H20Cl2N4O. The molecule has 1 aliphatic rings. The number of nitrogens with zero attached hydrogens (tertiary/aromatic N) is 3. The Kier molecular flexibility index (Phi) is 5.24. The van der Waals surface area contributed by atoms with Crippen molar-refractivity contribution in [2.45, 2.75) is 25.9 Å². The highest BCUT2D eigenvalue weighted by Crippen LogP contribution is 2.39. The monoisotopic (exact) mass is 462 g/mol. The molecule has 0 spiro atoms. The number of para-hydroxylation sites is 1. The first-order chi connectivity index (χ1) is 15.4. The number of hydrogen-bond donors (Lipinski definition) is 1. The molecule has 2 heterocycles. The number of rotatable bonds is 3. The van der Waals surface area contributed by atoms with Gasteiger partial charge in [0.05, 0.1) is 10.0 Å². The van der Waals surface area contributed by atoms with E-state index in [1.54, 1.807) is 10.7 Å². The Morgan fingerprint density at radius 1 is 0.969 bits per heavy atom. The molecule has 0 radical (unpaired) electrons. The van der Waals surface area contributed by atoms with Crippen molar-refractivity contribution in [3.8, 4) is 22.6 Å². The van der Waals surface area contributed by atoms with E-state index < -0.39 is 6.17 Å². The molecule has 0 aliphatic carbocycles. The second-order valence-electron chi connectivity index (χ2n) is 8.05. The number of anilines is 1. The van der Waals surface area contributed by atoms with Gasteiger partial charge < -0.3 is 5.32 Å². The summed E-state index contributed by atoms with van der Waals surface area (Å²) in [5.74, 6) is 0.878. The van der Waals surface area contributed by atoms with Crippen LogP contribution in [0.25, 0.3) is 22.6 Å². The van der Waals surface area contributed by atoms with Gasteiger partial charge in [0.15, 0.2) is 17.7 Å². The van der Waals surface area contributed by atoms with Crippen molar-refractivity contribution in [1.29, 1.82) is 0 Å². The third-order valence-corrected chi connectivity index (χ3v) is 6.50. The van der Waals surface area contributed by atoms with Crippen LogP contribution in [0.3, 0.4) is 0 Å². The Morgan fingerprint density at radius 3 is 2.47 bits per heavy atom. The second kappa shape index (κ2) is 8.08. The fourth-order valence-electron chi connectivity index (χ4n) is 3.92. The van der Waals surface area contributed by atoms with Crippen molar-refractivity contribution in [3.05, 3.63) is 98.3 Å². The lowest BCUT2D eigenvalue weighted by molar-refractivity contribution is 0.550. The van der Waals surface area contributed by atoms with Crippen LogP contribution in [0.4, 0.5) is 5.69 Å². The van der Waals surface area contributed by atoms with Crippen LogP contribution >= 0.6 is 23.2 Å². The molecule has 0 fully saturated rings. The summed E-state index contributed by atoms with van der Waals surface area (Å²) in [5.41, 5.74) is 4.21. The van der Waals surface area contributed by atoms with E-state index in [4.69, 9.17) is 28.3 Å². The van der Waals surface area contributed by atoms with Crippen molar-refractivity contribution in [1.82, 2.24) is 14.8 Å². The Hall–Kier alpha value is -3.15. The number of nitrogens with one attached hydrogen (secondary N) is 1. The normalized spacial score (nSPS) is 14.6. The predicted octanol–water partition coefficient (Wildman–Crippen LogP) is 6.37. The van der Waals surface area contributed by atoms with Gasteiger partial charge in [-0.15, -0.1) is 0 Å². The molecule has 32 heavy (non-hydrogen) atoms. The van der Waals surface area contributed by atoms with Gasteiger partial charge in [0, 0.05) is 22.4 Å². The summed E-state index contributed by atoms with van der Waals surface area (Å²) in [6, 6.07) is 21.0. The summed E-state index contributed by atoms with van der Waals surface area (Å²) in [6.07, 6.45) is -0.479. The molecule has 160 valence electrons. The average molecular weight is 463 g/mol. The van der Waals surface area contributed by atoms with Gasteiger partial charge in [-0.05, 0) is 29.7 Å². The van der Waals surface area contributed by atoms with Gasteiger partial charge >= 0.3 is 0 Å². The van der Waals surface area contributed by atoms with Gasteiger partial charge in [0.1, 0.15) is 0 Å². The van der Waals surface area contributed by atoms with Crippen LogP contribution in [0.2, 0.25) is 10.0 Å². The minimum absolute atomic E-state index is 0.286. The highest BCUT2D eigenvalue weighted by atomic mass is 35.5. The Balaban J connectivity index is 1.73. The summed E-state index contributed by atoms with van der Waals surface area (Å²) < 4.78 is 1.72. The van der Waals surface area contributed by atoms with Crippen LogP contribution < -0.4 is 10.9 Å². The van der Waals surface area contributed by atoms with Crippen LogP contribution in [0, 0.1) is 0 Å². The Morgan fingerprint density at radius 2 is 1.72 bits per heavy atom. The summed E-state index contributed by atoms with van der Waals surface area (Å²) >= 11 is 12.9. The maximum absolute atomic E-state index is 13.0. The standard InChI is InChI=1S/C25H20Cl2N4O/c1-14(2)15-10-12-16(13-11-15)22-25(32)29-23-17-6-3-4-9-20(17)28-24(31(23)30-22)18-7-5-8-19(26)21(18)27/h3-14,24,28H,1-2H3/t24-/m0/s1. The molecule has 0 unspecified atom stereocenters. The van der Waals surface area contributed by atoms with Crippen LogP contribution in [0.1, 0.15) is 37.1 Å². The summed E-state index contributed by atoms with van der Waals surface area (Å²) in [6.45, 7) is 4.26. The molecule has 1 aliphatic heterocycles. The topological polar surface area (TPSA) is 59.8 Å². The van der Waals surface area contributed by atoms with E-state index >= 15 is 0 Å². The van der Waals surface area contributed by atoms with Crippen LogP contribution in [0.15, 0.2) is 71.5 Å². The summed E-state index contributed by atoms with van der Waals surface area (Å²) in [7, 11) is 0. The Labute approximate surface area is 195 Å². The zero-order valence-electron chi connectivity index (χ0n) is 17.5. The smallest absolute Gasteiger partial charge is 0.300 e. The molecule has 0 bridgehead atoms. The number of fused-ring (bicyclic) bond motifs is 3. The maximum atomic E-state index is 13.0. The van der Waals surface area contributed by atoms with Gasteiger partial charge in [-0.2, -0.15) is 10.1 Å². The lowest BCUT2D eigenvalue weighted by Crippen LogP contribution is -2.32. The molecule has 5 rings (SSSR count). The predicted molar refractivity (Wildman–Crippen MR) is 129 cm³/mol. The van der Waals surface area contributed by atoms with Crippen molar-refractivity contribution in [3.63, 3.8) is 0 Å². The molecule has 1 N–H and O–H groups in total. The first-order valence-electron chi connectivity index (χ1n) is 10.3. The molecule has 5 nitrogen and oxygen atoms in total. The maximum Gasteiger partial charge on any atom is 0.300 e. The number of halogens is 2. The first kappa shape index (κ1) is 20.7. The van der Waals surface area contributed by atoms with Crippen LogP contribution in [0.5, 0.6) is 0 Å². The molecular weight excluding hydrogens is 443 g/mol. The highest BCUT2D eigenvalue weighted by Gasteiger charge is 2.29. The SMILES string of the molecule is CC(C)c1ccc(-c2nn3c(nc2=O)-c2ccccc2N[C@@H]3c2cccc(Cl)c2Cl)cc1. The highest BCUT2D eigenvalue weighted by molar-refractivity contribution is 6.42. The van der Waals surface area contributed by atoms with Crippen molar-refractivity contribution in [2.75, 3.05) is 5.32 Å². The zero-order valence-corrected chi connectivity index (χ0v) is 19.0. The van der Waals surface area contributed by atoms with Gasteiger partial charge in [0.25, 0.3) is 5.56 Å². The van der Waals surface area contributed by atoms with E-state index in [-0.39, 0.29) is 11.3 Å². The van der Waals surface area contributed by atoms with Gasteiger partial charge in [0.2, 0.25) is 0 Å². The molecule has 4 aromatic rings. The van der Waals surface area contributed by atoms with Gasteiger partial charge in [-0.25, -0.2) is 4.68 Å². The quantitative estimate of drug-likeness (QED) is 0.383. The van der Waals surface area contributed by atoms with Crippen molar-refractivity contribution < 1.29 is 0 Å². The lowest BCUT2D eigenvalue weighted by atomic mass is 10.0. The van der Waals surface area contributed by atoms with E-state index in [9.17, 15) is 4.79 Å². The molecule has 0 saturated carbocycles. The van der Waals surface area contributed by atoms with Gasteiger partial charge in [-0.1, -0.05) is 85.6 Å². The molecule has 3 aromatic carbocycles. The lowest BCUT2D eigenvalue weighted by Gasteiger charge is -2.31. The number of hydrogen-bond acceptors (Lipinski definition) is 4. The van der Waals surface area contributed by atoms with E-state index in [0.29, 0.717) is 21.8 Å². The molecule has 1 atom stereocenters. The molecule has 7 heteroatoms. The Bertz CT molecular complexity index is 1380. The van der Waals surface area contributed by atoms with Crippen LogP contribution in [-0.4, -0.2) is 14.8 Å². The number of benzene rings is 3.